The Morgan fingerprint density at radius 1 is 0.902 bits per heavy atom. The largest absolute Gasteiger partial charge is 0.507 e. The summed E-state index contributed by atoms with van der Waals surface area (Å²) in [7, 11) is 0. The van der Waals surface area contributed by atoms with Gasteiger partial charge in [0.05, 0.1) is 0 Å². The molecule has 0 radical (unpaired) electrons. The number of alkyl carbamates (subject to hydrolysis) is 1. The van der Waals surface area contributed by atoms with Crippen molar-refractivity contribution in [1.82, 2.24) is 10.2 Å². The number of rotatable bonds is 13. The predicted octanol–water partition coefficient (Wildman–Crippen LogP) is 7.10. The van der Waals surface area contributed by atoms with Gasteiger partial charge in [0.25, 0.3) is 5.91 Å². The van der Waals surface area contributed by atoms with Gasteiger partial charge in [0, 0.05) is 17.8 Å². The zero-order valence-electron chi connectivity index (χ0n) is 26.1. The number of aromatic hydroxyl groups is 1. The predicted molar refractivity (Wildman–Crippen MR) is 164 cm³/mol. The fraction of sp³-hybridized carbons (Fsp3) is 0.545. The van der Waals surface area contributed by atoms with E-state index in [9.17, 15) is 19.5 Å². The lowest BCUT2D eigenvalue weighted by Gasteiger charge is -2.34. The summed E-state index contributed by atoms with van der Waals surface area (Å²) in [4.78, 5) is 42.1. The number of aryl methyl sites for hydroxylation is 3. The summed E-state index contributed by atoms with van der Waals surface area (Å²) in [5.41, 5.74) is 2.64. The highest BCUT2D eigenvalue weighted by atomic mass is 16.6. The van der Waals surface area contributed by atoms with Crippen molar-refractivity contribution in [1.29, 1.82) is 0 Å². The smallest absolute Gasteiger partial charge is 0.408 e. The van der Waals surface area contributed by atoms with Crippen LogP contribution in [0.15, 0.2) is 36.4 Å². The zero-order chi connectivity index (χ0) is 30.7. The molecule has 2 unspecified atom stereocenters. The molecule has 0 bridgehead atoms. The molecule has 8 nitrogen and oxygen atoms in total. The van der Waals surface area contributed by atoms with Crippen LogP contribution in [-0.2, 0) is 14.3 Å². The third-order valence-corrected chi connectivity index (χ3v) is 6.99. The molecule has 0 spiro atoms. The van der Waals surface area contributed by atoms with E-state index in [-0.39, 0.29) is 12.3 Å². The van der Waals surface area contributed by atoms with Gasteiger partial charge < -0.3 is 25.4 Å². The van der Waals surface area contributed by atoms with Gasteiger partial charge in [-0.1, -0.05) is 75.4 Å². The number of phenolic OH excluding ortho intramolecular Hbond substituents is 1. The first kappa shape index (κ1) is 33.7. The van der Waals surface area contributed by atoms with Gasteiger partial charge in [-0.2, -0.15) is 0 Å². The first-order valence-corrected chi connectivity index (χ1v) is 14.7. The maximum Gasteiger partial charge on any atom is 0.408 e. The number of carbonyl (C=O) groups is 3. The lowest BCUT2D eigenvalue weighted by molar-refractivity contribution is -0.140. The molecule has 2 aromatic rings. The highest BCUT2D eigenvalue weighted by molar-refractivity contribution is 6.00. The lowest BCUT2D eigenvalue weighted by atomic mass is 9.98. The number of carbonyl (C=O) groups excluding carboxylic acids is 3. The Hall–Kier alpha value is -3.55. The highest BCUT2D eigenvalue weighted by Gasteiger charge is 2.36. The monoisotopic (exact) mass is 567 g/mol. The second-order valence-corrected chi connectivity index (χ2v) is 11.8. The van der Waals surface area contributed by atoms with Gasteiger partial charge in [0.15, 0.2) is 0 Å². The van der Waals surface area contributed by atoms with E-state index in [1.807, 2.05) is 32.0 Å². The Balaban J connectivity index is 2.50. The van der Waals surface area contributed by atoms with Crippen LogP contribution in [0.5, 0.6) is 5.75 Å². The summed E-state index contributed by atoms with van der Waals surface area (Å²) < 4.78 is 5.37. The van der Waals surface area contributed by atoms with Crippen LogP contribution >= 0.6 is 0 Å². The fourth-order valence-electron chi connectivity index (χ4n) is 4.78. The molecule has 0 fully saturated rings. The molecule has 41 heavy (non-hydrogen) atoms. The number of unbranched alkanes of at least 4 members (excludes halogenated alkanes) is 5. The average Bonchev–Trinajstić information content (AvgIpc) is 2.88. The molecule has 0 saturated carbocycles. The van der Waals surface area contributed by atoms with Crippen molar-refractivity contribution in [2.75, 3.05) is 11.9 Å². The molecule has 3 amide bonds. The van der Waals surface area contributed by atoms with Crippen molar-refractivity contribution in [3.05, 3.63) is 58.7 Å². The standard InChI is InChI=1S/C33H49N3O5/c1-9-10-11-12-13-14-21-36(31(39)25(5)34-32(40)41-33(6,7)8)28(26-20-16-19-24(4)29(26)37)30(38)35-27-22(2)17-15-18-23(27)3/h15-20,25,28,37H,9-14,21H2,1-8H3,(H,34,40)(H,35,38). The summed E-state index contributed by atoms with van der Waals surface area (Å²) in [6.07, 6.45) is 5.26. The van der Waals surface area contributed by atoms with Crippen LogP contribution in [0.1, 0.15) is 101 Å². The van der Waals surface area contributed by atoms with Crippen molar-refractivity contribution in [3.8, 4) is 5.75 Å². The van der Waals surface area contributed by atoms with E-state index in [0.29, 0.717) is 23.2 Å². The van der Waals surface area contributed by atoms with Gasteiger partial charge >= 0.3 is 6.09 Å². The summed E-state index contributed by atoms with van der Waals surface area (Å²) in [6.45, 7) is 14.8. The van der Waals surface area contributed by atoms with E-state index in [4.69, 9.17) is 4.74 Å². The second-order valence-electron chi connectivity index (χ2n) is 11.8. The van der Waals surface area contributed by atoms with Crippen molar-refractivity contribution in [2.45, 2.75) is 112 Å². The number of nitrogens with zero attached hydrogens (tertiary/aromatic N) is 1. The van der Waals surface area contributed by atoms with Gasteiger partial charge in [-0.15, -0.1) is 0 Å². The van der Waals surface area contributed by atoms with Crippen LogP contribution in [0.25, 0.3) is 0 Å². The van der Waals surface area contributed by atoms with Crippen molar-refractivity contribution >= 4 is 23.6 Å². The Bertz CT molecular complexity index is 1170. The number of anilines is 1. The molecule has 0 aliphatic rings. The highest BCUT2D eigenvalue weighted by Crippen LogP contribution is 2.34. The van der Waals surface area contributed by atoms with Crippen LogP contribution in [0.4, 0.5) is 10.5 Å². The van der Waals surface area contributed by atoms with Gasteiger partial charge in [-0.25, -0.2) is 4.79 Å². The third-order valence-electron chi connectivity index (χ3n) is 6.99. The summed E-state index contributed by atoms with van der Waals surface area (Å²) in [6, 6.07) is 8.84. The van der Waals surface area contributed by atoms with Crippen molar-refractivity contribution < 1.29 is 24.2 Å². The second kappa shape index (κ2) is 15.5. The van der Waals surface area contributed by atoms with Crippen LogP contribution in [0, 0.1) is 20.8 Å². The Morgan fingerprint density at radius 2 is 1.46 bits per heavy atom. The molecular weight excluding hydrogens is 518 g/mol. The van der Waals surface area contributed by atoms with Crippen LogP contribution in [0.3, 0.4) is 0 Å². The minimum absolute atomic E-state index is 0.0392. The SMILES string of the molecule is CCCCCCCCN(C(=O)C(C)NC(=O)OC(C)(C)C)C(C(=O)Nc1c(C)cccc1C)c1cccc(C)c1O. The first-order valence-electron chi connectivity index (χ1n) is 14.7. The van der Waals surface area contributed by atoms with Crippen molar-refractivity contribution in [2.24, 2.45) is 0 Å². The quantitative estimate of drug-likeness (QED) is 0.224. The van der Waals surface area contributed by atoms with Gasteiger partial charge in [0.2, 0.25) is 5.91 Å². The summed E-state index contributed by atoms with van der Waals surface area (Å²) >= 11 is 0. The van der Waals surface area contributed by atoms with E-state index in [1.54, 1.807) is 52.8 Å². The fourth-order valence-corrected chi connectivity index (χ4v) is 4.78. The molecule has 2 rings (SSSR count). The molecule has 0 aliphatic carbocycles. The molecular formula is C33H49N3O5. The van der Waals surface area contributed by atoms with Crippen LogP contribution < -0.4 is 10.6 Å². The maximum atomic E-state index is 14.1. The number of hydrogen-bond acceptors (Lipinski definition) is 5. The Kier molecular flexibility index (Phi) is 12.7. The van der Waals surface area contributed by atoms with Crippen LogP contribution in [-0.4, -0.2) is 46.1 Å². The first-order chi connectivity index (χ1) is 19.3. The number of ether oxygens (including phenoxy) is 1. The number of nitrogens with one attached hydrogen (secondary N) is 2. The number of benzene rings is 2. The van der Waals surface area contributed by atoms with E-state index >= 15 is 0 Å². The minimum atomic E-state index is -1.13. The van der Waals surface area contributed by atoms with E-state index < -0.39 is 35.6 Å². The zero-order valence-corrected chi connectivity index (χ0v) is 26.1. The van der Waals surface area contributed by atoms with Gasteiger partial charge in [0.1, 0.15) is 23.4 Å². The van der Waals surface area contributed by atoms with E-state index in [1.165, 1.54) is 4.90 Å². The van der Waals surface area contributed by atoms with Gasteiger partial charge in [-0.3, -0.25) is 9.59 Å². The molecule has 0 heterocycles. The molecule has 0 aromatic heterocycles. The lowest BCUT2D eigenvalue weighted by Crippen LogP contribution is -2.51. The van der Waals surface area contributed by atoms with E-state index in [0.717, 1.165) is 43.2 Å². The van der Waals surface area contributed by atoms with Crippen molar-refractivity contribution in [3.63, 3.8) is 0 Å². The molecule has 2 atom stereocenters. The molecule has 0 saturated heterocycles. The topological polar surface area (TPSA) is 108 Å². The van der Waals surface area contributed by atoms with Crippen LogP contribution in [0.2, 0.25) is 0 Å². The molecule has 8 heteroatoms. The summed E-state index contributed by atoms with van der Waals surface area (Å²) in [5.74, 6) is -0.915. The molecule has 2 aromatic carbocycles. The minimum Gasteiger partial charge on any atom is -0.507 e. The van der Waals surface area contributed by atoms with E-state index in [2.05, 4.69) is 17.6 Å². The van der Waals surface area contributed by atoms with Gasteiger partial charge in [-0.05, 0) is 71.6 Å². The molecule has 3 N–H and O–H groups in total. The maximum absolute atomic E-state index is 14.1. The Labute approximate surface area is 245 Å². The number of phenols is 1. The normalized spacial score (nSPS) is 12.8. The number of hydrogen-bond donors (Lipinski definition) is 3. The number of amides is 3. The Morgan fingerprint density at radius 3 is 2.07 bits per heavy atom. The number of para-hydroxylation sites is 2. The summed E-state index contributed by atoms with van der Waals surface area (Å²) in [5, 5.41) is 16.8. The third kappa shape index (κ3) is 10.1. The average molecular weight is 568 g/mol. The molecule has 226 valence electrons. The molecule has 0 aliphatic heterocycles.